The molecule has 2 aromatic heterocycles. The van der Waals surface area contributed by atoms with Crippen molar-refractivity contribution in [1.82, 2.24) is 24.7 Å². The Kier molecular flexibility index (Phi) is 2.46. The van der Waals surface area contributed by atoms with Crippen LogP contribution >= 0.6 is 12.2 Å². The maximum absolute atomic E-state index is 4.95. The van der Waals surface area contributed by atoms with Crippen molar-refractivity contribution in [1.29, 1.82) is 0 Å². The molecule has 15 heavy (non-hydrogen) atoms. The summed E-state index contributed by atoms with van der Waals surface area (Å²) in [5.41, 5.74) is 2.01. The predicted octanol–water partition coefficient (Wildman–Crippen LogP) is 0.865. The fourth-order valence-corrected chi connectivity index (χ4v) is 1.24. The van der Waals surface area contributed by atoms with E-state index in [1.165, 1.54) is 11.0 Å². The van der Waals surface area contributed by atoms with Crippen LogP contribution in [0.25, 0.3) is 0 Å². The third-order valence-electron chi connectivity index (χ3n) is 2.13. The number of aryl methyl sites for hydroxylation is 1. The van der Waals surface area contributed by atoms with E-state index >= 15 is 0 Å². The molecule has 0 aliphatic carbocycles. The summed E-state index contributed by atoms with van der Waals surface area (Å²) in [6, 6.07) is 0. The molecule has 0 saturated carbocycles. The van der Waals surface area contributed by atoms with Gasteiger partial charge in [-0.25, -0.2) is 0 Å². The molecule has 7 heteroatoms. The van der Waals surface area contributed by atoms with Crippen LogP contribution in [0.3, 0.4) is 0 Å². The molecule has 0 aromatic carbocycles. The third-order valence-corrected chi connectivity index (χ3v) is 2.41. The zero-order valence-corrected chi connectivity index (χ0v) is 9.19. The molecule has 0 aliphatic heterocycles. The lowest BCUT2D eigenvalue weighted by molar-refractivity contribution is 0.740. The summed E-state index contributed by atoms with van der Waals surface area (Å²) >= 11 is 4.95. The summed E-state index contributed by atoms with van der Waals surface area (Å²) in [6.45, 7) is 1.98. The van der Waals surface area contributed by atoms with Crippen LogP contribution in [0, 0.1) is 11.7 Å². The number of hydrogen-bond donors (Lipinski definition) is 1. The number of hydrogen-bond acceptors (Lipinski definition) is 4. The Labute approximate surface area is 91.2 Å². The number of nitrogens with one attached hydrogen (secondary N) is 1. The molecule has 0 radical (unpaired) electrons. The van der Waals surface area contributed by atoms with Gasteiger partial charge < -0.3 is 0 Å². The van der Waals surface area contributed by atoms with Gasteiger partial charge in [0, 0.05) is 18.3 Å². The van der Waals surface area contributed by atoms with E-state index in [0.717, 1.165) is 11.3 Å². The first-order valence-electron chi connectivity index (χ1n) is 4.33. The van der Waals surface area contributed by atoms with Gasteiger partial charge >= 0.3 is 0 Å². The molecule has 2 rings (SSSR count). The van der Waals surface area contributed by atoms with Crippen LogP contribution in [-0.2, 0) is 7.05 Å². The highest BCUT2D eigenvalue weighted by atomic mass is 32.1. The minimum absolute atomic E-state index is 0.466. The highest BCUT2D eigenvalue weighted by Gasteiger charge is 1.99. The van der Waals surface area contributed by atoms with Gasteiger partial charge in [0.2, 0.25) is 4.77 Å². The number of H-pyrrole nitrogens is 1. The smallest absolute Gasteiger partial charge is 0.216 e. The molecular formula is C8H10N6S. The molecule has 0 spiro atoms. The van der Waals surface area contributed by atoms with Crippen molar-refractivity contribution in [3.63, 3.8) is 0 Å². The van der Waals surface area contributed by atoms with Gasteiger partial charge in [-0.2, -0.15) is 20.0 Å². The summed E-state index contributed by atoms with van der Waals surface area (Å²) in [4.78, 5) is 0. The van der Waals surface area contributed by atoms with Crippen LogP contribution in [0.4, 0.5) is 0 Å². The monoisotopic (exact) mass is 222 g/mol. The molecule has 0 atom stereocenters. The molecule has 2 aromatic rings. The second-order valence-corrected chi connectivity index (χ2v) is 3.45. The number of aromatic amines is 1. The first-order chi connectivity index (χ1) is 7.18. The molecule has 0 saturated heterocycles. The second-order valence-electron chi connectivity index (χ2n) is 3.06. The summed E-state index contributed by atoms with van der Waals surface area (Å²) in [5.74, 6) is 0. The zero-order chi connectivity index (χ0) is 10.8. The van der Waals surface area contributed by atoms with Crippen LogP contribution in [0.2, 0.25) is 0 Å². The Bertz CT molecular complexity index is 545. The number of rotatable bonds is 2. The van der Waals surface area contributed by atoms with Gasteiger partial charge in [-0.05, 0) is 19.1 Å². The van der Waals surface area contributed by atoms with Crippen molar-refractivity contribution in [3.05, 3.63) is 28.6 Å². The Balaban J connectivity index is 2.30. The van der Waals surface area contributed by atoms with Gasteiger partial charge in [-0.15, -0.1) is 0 Å². The highest BCUT2D eigenvalue weighted by molar-refractivity contribution is 7.71. The third kappa shape index (κ3) is 1.86. The molecule has 0 aliphatic rings. The Morgan fingerprint density at radius 3 is 2.93 bits per heavy atom. The van der Waals surface area contributed by atoms with Gasteiger partial charge in [0.25, 0.3) is 0 Å². The Hall–Kier alpha value is -1.76. The lowest BCUT2D eigenvalue weighted by atomic mass is 10.3. The Morgan fingerprint density at radius 2 is 2.40 bits per heavy atom. The van der Waals surface area contributed by atoms with Gasteiger partial charge in [0.05, 0.1) is 12.4 Å². The van der Waals surface area contributed by atoms with E-state index in [0.29, 0.717) is 4.77 Å². The van der Waals surface area contributed by atoms with Crippen LogP contribution < -0.4 is 0 Å². The number of aromatic nitrogens is 5. The summed E-state index contributed by atoms with van der Waals surface area (Å²) < 4.78 is 3.74. The van der Waals surface area contributed by atoms with Crippen molar-refractivity contribution in [3.8, 4) is 0 Å². The average Bonchev–Trinajstić information content (AvgIpc) is 2.74. The van der Waals surface area contributed by atoms with E-state index in [4.69, 9.17) is 12.2 Å². The summed E-state index contributed by atoms with van der Waals surface area (Å²) in [7, 11) is 1.89. The Morgan fingerprint density at radius 1 is 1.60 bits per heavy atom. The maximum Gasteiger partial charge on any atom is 0.216 e. The molecule has 0 bridgehead atoms. The summed E-state index contributed by atoms with van der Waals surface area (Å²) in [5, 5.41) is 14.6. The average molecular weight is 222 g/mol. The van der Waals surface area contributed by atoms with Gasteiger partial charge in [-0.1, -0.05) is 0 Å². The minimum atomic E-state index is 0.466. The van der Waals surface area contributed by atoms with Gasteiger partial charge in [-0.3, -0.25) is 9.78 Å². The van der Waals surface area contributed by atoms with Crippen molar-refractivity contribution < 1.29 is 0 Å². The number of nitrogens with zero attached hydrogens (tertiary/aromatic N) is 5. The molecule has 1 N–H and O–H groups in total. The first-order valence-corrected chi connectivity index (χ1v) is 4.74. The molecular weight excluding hydrogens is 212 g/mol. The normalized spacial score (nSPS) is 11.3. The van der Waals surface area contributed by atoms with E-state index in [9.17, 15) is 0 Å². The van der Waals surface area contributed by atoms with Crippen LogP contribution in [0.15, 0.2) is 17.6 Å². The maximum atomic E-state index is 4.95. The molecule has 2 heterocycles. The lowest BCUT2D eigenvalue weighted by Crippen LogP contribution is -1.94. The quantitative estimate of drug-likeness (QED) is 0.605. The van der Waals surface area contributed by atoms with Gasteiger partial charge in [0.1, 0.15) is 6.33 Å². The lowest BCUT2D eigenvalue weighted by Gasteiger charge is -1.93. The van der Waals surface area contributed by atoms with E-state index in [2.05, 4.69) is 20.4 Å². The topological polar surface area (TPSA) is 63.8 Å². The molecule has 78 valence electrons. The summed E-state index contributed by atoms with van der Waals surface area (Å²) in [6.07, 6.45) is 4.97. The van der Waals surface area contributed by atoms with E-state index in [-0.39, 0.29) is 0 Å². The van der Waals surface area contributed by atoms with Crippen LogP contribution in [-0.4, -0.2) is 30.9 Å². The van der Waals surface area contributed by atoms with E-state index in [1.807, 2.05) is 14.0 Å². The van der Waals surface area contributed by atoms with Crippen LogP contribution in [0.1, 0.15) is 11.3 Å². The van der Waals surface area contributed by atoms with Crippen molar-refractivity contribution >= 4 is 18.4 Å². The SMILES string of the molecule is Cc1c(C=Nn2cn[nH]c2=S)cnn1C. The molecule has 0 fully saturated rings. The second kappa shape index (κ2) is 3.77. The van der Waals surface area contributed by atoms with Crippen molar-refractivity contribution in [2.45, 2.75) is 6.92 Å². The zero-order valence-electron chi connectivity index (χ0n) is 8.38. The van der Waals surface area contributed by atoms with E-state index < -0.39 is 0 Å². The predicted molar refractivity (Wildman–Crippen MR) is 58.3 cm³/mol. The van der Waals surface area contributed by atoms with Crippen LogP contribution in [0.5, 0.6) is 0 Å². The fourth-order valence-electron chi connectivity index (χ4n) is 1.09. The minimum Gasteiger partial charge on any atom is -0.272 e. The van der Waals surface area contributed by atoms with Crippen molar-refractivity contribution in [2.24, 2.45) is 12.1 Å². The van der Waals surface area contributed by atoms with E-state index in [1.54, 1.807) is 17.1 Å². The first kappa shape index (κ1) is 9.78. The van der Waals surface area contributed by atoms with Crippen molar-refractivity contribution in [2.75, 3.05) is 0 Å². The standard InChI is InChI=1S/C8H10N6S/c1-6-7(3-10-13(6)2)4-11-14-5-9-12-8(14)15/h3-5H,1-2H3,(H,12,15). The highest BCUT2D eigenvalue weighted by Crippen LogP contribution is 2.02. The molecule has 6 nitrogen and oxygen atoms in total. The largest absolute Gasteiger partial charge is 0.272 e. The fraction of sp³-hybridized carbons (Fsp3) is 0.250. The molecule has 0 unspecified atom stereocenters. The van der Waals surface area contributed by atoms with Gasteiger partial charge in [0.15, 0.2) is 0 Å². The molecule has 0 amide bonds.